The van der Waals surface area contributed by atoms with E-state index in [0.717, 1.165) is 16.5 Å². The number of halogens is 1. The average Bonchev–Trinajstić information content (AvgIpc) is 3.34. The summed E-state index contributed by atoms with van der Waals surface area (Å²) in [5, 5.41) is 20.1. The second kappa shape index (κ2) is 6.98. The Morgan fingerprint density at radius 3 is 2.86 bits per heavy atom. The third-order valence-electron chi connectivity index (χ3n) is 4.47. The molecule has 0 spiro atoms. The number of hydrogen-bond acceptors (Lipinski definition) is 7. The predicted octanol–water partition coefficient (Wildman–Crippen LogP) is 4.98. The minimum atomic E-state index is -0.514. The molecular formula is C20H12ClN3O4S. The molecule has 0 unspecified atom stereocenters. The lowest BCUT2D eigenvalue weighted by Gasteiger charge is -2.05. The van der Waals surface area contributed by atoms with E-state index in [0.29, 0.717) is 27.8 Å². The highest BCUT2D eigenvalue weighted by atomic mass is 35.5. The van der Waals surface area contributed by atoms with E-state index >= 15 is 0 Å². The van der Waals surface area contributed by atoms with Gasteiger partial charge in [0.25, 0.3) is 11.1 Å². The van der Waals surface area contributed by atoms with E-state index in [4.69, 9.17) is 20.4 Å². The molecule has 0 aliphatic carbocycles. The zero-order valence-electron chi connectivity index (χ0n) is 14.7. The molecule has 0 aliphatic heterocycles. The Kier molecular flexibility index (Phi) is 4.30. The van der Waals surface area contributed by atoms with Crippen molar-refractivity contribution in [1.82, 2.24) is 15.2 Å². The maximum atomic E-state index is 11.9. The van der Waals surface area contributed by atoms with Gasteiger partial charge in [-0.1, -0.05) is 41.6 Å². The number of nitrogens with one attached hydrogen (secondary N) is 1. The van der Waals surface area contributed by atoms with Crippen molar-refractivity contribution in [2.45, 2.75) is 11.0 Å². The molecule has 0 amide bonds. The number of hydrogen-bond donors (Lipinski definition) is 2. The number of benzene rings is 2. The summed E-state index contributed by atoms with van der Waals surface area (Å²) in [6, 6.07) is 12.1. The van der Waals surface area contributed by atoms with Crippen LogP contribution in [0.15, 0.2) is 67.5 Å². The first-order chi connectivity index (χ1) is 14.1. The molecule has 3 aromatic heterocycles. The molecule has 9 heteroatoms. The predicted molar refractivity (Wildman–Crippen MR) is 110 cm³/mol. The molecule has 0 atom stereocenters. The number of phenols is 1. The summed E-state index contributed by atoms with van der Waals surface area (Å²) in [5.74, 6) is 0.654. The van der Waals surface area contributed by atoms with E-state index in [9.17, 15) is 9.90 Å². The largest absolute Gasteiger partial charge is 0.506 e. The molecule has 3 heterocycles. The fourth-order valence-electron chi connectivity index (χ4n) is 3.12. The number of nitrogens with zero attached hydrogens (tertiary/aromatic N) is 2. The van der Waals surface area contributed by atoms with Gasteiger partial charge in [0.1, 0.15) is 11.3 Å². The van der Waals surface area contributed by atoms with E-state index < -0.39 is 5.63 Å². The average molecular weight is 426 g/mol. The van der Waals surface area contributed by atoms with Crippen LogP contribution in [-0.2, 0) is 5.75 Å². The lowest BCUT2D eigenvalue weighted by Crippen LogP contribution is -2.00. The van der Waals surface area contributed by atoms with Crippen LogP contribution in [0.3, 0.4) is 0 Å². The molecule has 0 fully saturated rings. The van der Waals surface area contributed by atoms with Crippen LogP contribution in [0.1, 0.15) is 5.56 Å². The molecule has 2 N–H and O–H groups in total. The second-order valence-corrected chi connectivity index (χ2v) is 7.63. The molecule has 0 bridgehead atoms. The Labute approximate surface area is 172 Å². The molecule has 0 saturated heterocycles. The van der Waals surface area contributed by atoms with Gasteiger partial charge in [-0.3, -0.25) is 0 Å². The molecule has 2 aromatic carbocycles. The first-order valence-electron chi connectivity index (χ1n) is 8.56. The van der Waals surface area contributed by atoms with Gasteiger partial charge in [0.2, 0.25) is 0 Å². The highest BCUT2D eigenvalue weighted by molar-refractivity contribution is 7.98. The minimum Gasteiger partial charge on any atom is -0.506 e. The highest BCUT2D eigenvalue weighted by Gasteiger charge is 2.15. The number of aromatic nitrogens is 3. The van der Waals surface area contributed by atoms with Crippen molar-refractivity contribution in [3.8, 4) is 17.2 Å². The lowest BCUT2D eigenvalue weighted by atomic mass is 10.1. The van der Waals surface area contributed by atoms with Crippen LogP contribution >= 0.6 is 23.4 Å². The minimum absolute atomic E-state index is 0.146. The maximum absolute atomic E-state index is 11.9. The van der Waals surface area contributed by atoms with Crippen molar-refractivity contribution in [3.05, 3.63) is 69.7 Å². The van der Waals surface area contributed by atoms with Crippen LogP contribution in [0, 0.1) is 0 Å². The molecule has 5 rings (SSSR count). The van der Waals surface area contributed by atoms with E-state index in [2.05, 4.69) is 15.2 Å². The van der Waals surface area contributed by atoms with Crippen molar-refractivity contribution in [2.75, 3.05) is 0 Å². The van der Waals surface area contributed by atoms with E-state index in [1.165, 1.54) is 23.9 Å². The fraction of sp³-hybridized carbons (Fsp3) is 0.0500. The normalized spacial score (nSPS) is 11.5. The summed E-state index contributed by atoms with van der Waals surface area (Å²) >= 11 is 7.30. The Hall–Kier alpha value is -3.23. The SMILES string of the molecule is O=c1cc(CSc2nnc(-c3c[nH]c4ccccc34)o2)c2cc(Cl)c(O)cc2o1. The first-order valence-corrected chi connectivity index (χ1v) is 9.93. The number of fused-ring (bicyclic) bond motifs is 2. The van der Waals surface area contributed by atoms with E-state index in [1.807, 2.05) is 30.5 Å². The molecule has 0 radical (unpaired) electrons. The molecule has 29 heavy (non-hydrogen) atoms. The standard InChI is InChI=1S/C20H12ClN3O4S/c21-14-6-12-10(5-18(26)27-17(12)7-16(14)25)9-29-20-24-23-19(28-20)13-8-22-15-4-2-1-3-11(13)15/h1-8,22,25H,9H2. The molecule has 7 nitrogen and oxygen atoms in total. The summed E-state index contributed by atoms with van der Waals surface area (Å²) in [6.07, 6.45) is 1.83. The van der Waals surface area contributed by atoms with Crippen molar-refractivity contribution < 1.29 is 13.9 Å². The molecular weight excluding hydrogens is 414 g/mol. The fourth-order valence-corrected chi connectivity index (χ4v) is 4.04. The zero-order valence-corrected chi connectivity index (χ0v) is 16.3. The molecule has 144 valence electrons. The van der Waals surface area contributed by atoms with Crippen molar-refractivity contribution in [1.29, 1.82) is 0 Å². The molecule has 0 aliphatic rings. The van der Waals surface area contributed by atoms with Gasteiger partial charge in [0, 0.05) is 40.4 Å². The third-order valence-corrected chi connectivity index (χ3v) is 5.64. The monoisotopic (exact) mass is 425 g/mol. The van der Waals surface area contributed by atoms with Crippen molar-refractivity contribution in [3.63, 3.8) is 0 Å². The summed E-state index contributed by atoms with van der Waals surface area (Å²) in [7, 11) is 0. The van der Waals surface area contributed by atoms with Gasteiger partial charge in [-0.05, 0) is 17.7 Å². The number of aromatic amines is 1. The molecule has 0 saturated carbocycles. The summed E-state index contributed by atoms with van der Waals surface area (Å²) in [5.41, 5.74) is 2.25. The Morgan fingerprint density at radius 1 is 1.10 bits per heavy atom. The number of phenolic OH excluding ortho intramolecular Hbond substituents is 1. The zero-order chi connectivity index (χ0) is 20.0. The van der Waals surface area contributed by atoms with E-state index in [1.54, 1.807) is 6.07 Å². The van der Waals surface area contributed by atoms with Gasteiger partial charge >= 0.3 is 5.63 Å². The number of aromatic hydroxyl groups is 1. The van der Waals surface area contributed by atoms with Crippen molar-refractivity contribution in [2.24, 2.45) is 0 Å². The Morgan fingerprint density at radius 2 is 1.97 bits per heavy atom. The number of thioether (sulfide) groups is 1. The van der Waals surface area contributed by atoms with Crippen LogP contribution in [0.4, 0.5) is 0 Å². The maximum Gasteiger partial charge on any atom is 0.336 e. The number of H-pyrrole nitrogens is 1. The van der Waals surface area contributed by atoms with Crippen LogP contribution in [0.2, 0.25) is 5.02 Å². The van der Waals surface area contributed by atoms with Gasteiger partial charge in [-0.15, -0.1) is 10.2 Å². The lowest BCUT2D eigenvalue weighted by molar-refractivity contribution is 0.466. The summed E-state index contributed by atoms with van der Waals surface area (Å²) < 4.78 is 10.9. The summed E-state index contributed by atoms with van der Waals surface area (Å²) in [6.45, 7) is 0. The molecule has 5 aromatic rings. The van der Waals surface area contributed by atoms with Crippen molar-refractivity contribution >= 4 is 45.2 Å². The van der Waals surface area contributed by atoms with Gasteiger partial charge in [-0.2, -0.15) is 0 Å². The van der Waals surface area contributed by atoms with Crippen LogP contribution < -0.4 is 5.63 Å². The van der Waals surface area contributed by atoms with Crippen LogP contribution in [0.25, 0.3) is 33.3 Å². The summed E-state index contributed by atoms with van der Waals surface area (Å²) in [4.78, 5) is 15.0. The van der Waals surface area contributed by atoms with Crippen LogP contribution in [0.5, 0.6) is 5.75 Å². The Balaban J connectivity index is 1.44. The second-order valence-electron chi connectivity index (χ2n) is 6.30. The smallest absolute Gasteiger partial charge is 0.336 e. The van der Waals surface area contributed by atoms with E-state index in [-0.39, 0.29) is 16.4 Å². The van der Waals surface area contributed by atoms with Gasteiger partial charge in [-0.25, -0.2) is 4.79 Å². The third kappa shape index (κ3) is 3.26. The van der Waals surface area contributed by atoms with Gasteiger partial charge < -0.3 is 18.9 Å². The quantitative estimate of drug-likeness (QED) is 0.309. The number of para-hydroxylation sites is 1. The van der Waals surface area contributed by atoms with Gasteiger partial charge in [0.05, 0.1) is 10.6 Å². The number of rotatable bonds is 4. The van der Waals surface area contributed by atoms with Gasteiger partial charge in [0.15, 0.2) is 0 Å². The highest BCUT2D eigenvalue weighted by Crippen LogP contribution is 2.34. The Bertz CT molecular complexity index is 1420. The first kappa shape index (κ1) is 17.8. The topological polar surface area (TPSA) is 105 Å². The van der Waals surface area contributed by atoms with Crippen LogP contribution in [-0.4, -0.2) is 20.3 Å².